The van der Waals surface area contributed by atoms with E-state index in [9.17, 15) is 14.3 Å². The van der Waals surface area contributed by atoms with E-state index in [-0.39, 0.29) is 5.56 Å². The molecule has 7 heteroatoms. The van der Waals surface area contributed by atoms with Crippen molar-refractivity contribution in [3.8, 4) is 0 Å². The number of hydrogen-bond donors (Lipinski definition) is 3. The van der Waals surface area contributed by atoms with Crippen molar-refractivity contribution >= 4 is 5.91 Å². The van der Waals surface area contributed by atoms with Gasteiger partial charge in [-0.1, -0.05) is 0 Å². The van der Waals surface area contributed by atoms with E-state index in [4.69, 9.17) is 15.6 Å². The number of pyridine rings is 1. The summed E-state index contributed by atoms with van der Waals surface area (Å²) in [5.74, 6) is -0.642. The first-order chi connectivity index (χ1) is 8.54. The molecule has 1 aromatic rings. The molecule has 1 aliphatic rings. The van der Waals surface area contributed by atoms with E-state index >= 15 is 0 Å². The lowest BCUT2D eigenvalue weighted by molar-refractivity contribution is -0.764. The summed E-state index contributed by atoms with van der Waals surface area (Å²) in [5.41, 5.74) is 5.32. The number of aliphatic hydroxyl groups excluding tert-OH is 2. The molecule has 1 fully saturated rings. The van der Waals surface area contributed by atoms with Gasteiger partial charge in [0.25, 0.3) is 12.1 Å². The fourth-order valence-corrected chi connectivity index (χ4v) is 1.89. The number of nitrogens with two attached hydrogens (primary N) is 1. The standard InChI is InChI=1S/C11H13FN2O4/c12-8-9(16)7(5-15)18-11(8)14-3-1-2-6(4-14)10(13)17/h1-4,7-9,11,15-16H,5H2,(H-,13,17)/p+1/t7-,8?,9?,11-/m1/s1. The van der Waals surface area contributed by atoms with Gasteiger partial charge in [0.2, 0.25) is 6.17 Å². The monoisotopic (exact) mass is 257 g/mol. The first-order valence-corrected chi connectivity index (χ1v) is 5.43. The van der Waals surface area contributed by atoms with Crippen molar-refractivity contribution in [2.45, 2.75) is 24.6 Å². The number of carbonyl (C=O) groups is 1. The Bertz CT molecular complexity index is 456. The number of primary amides is 1. The molecule has 1 aromatic heterocycles. The molecular weight excluding hydrogens is 243 g/mol. The highest BCUT2D eigenvalue weighted by Crippen LogP contribution is 2.27. The number of rotatable bonds is 3. The van der Waals surface area contributed by atoms with Crippen molar-refractivity contribution in [3.63, 3.8) is 0 Å². The van der Waals surface area contributed by atoms with Crippen LogP contribution in [0.4, 0.5) is 4.39 Å². The van der Waals surface area contributed by atoms with Gasteiger partial charge in [-0.05, 0) is 6.07 Å². The molecule has 0 spiro atoms. The molecule has 98 valence electrons. The van der Waals surface area contributed by atoms with Crippen LogP contribution in [-0.2, 0) is 4.74 Å². The average molecular weight is 257 g/mol. The first-order valence-electron chi connectivity index (χ1n) is 5.43. The summed E-state index contributed by atoms with van der Waals surface area (Å²) in [6, 6.07) is 3.01. The van der Waals surface area contributed by atoms with E-state index in [1.807, 2.05) is 0 Å². The molecule has 0 aliphatic carbocycles. The predicted molar refractivity (Wildman–Crippen MR) is 57.1 cm³/mol. The molecule has 0 bridgehead atoms. The Kier molecular flexibility index (Phi) is 3.55. The summed E-state index contributed by atoms with van der Waals surface area (Å²) in [7, 11) is 0. The second-order valence-corrected chi connectivity index (χ2v) is 4.09. The van der Waals surface area contributed by atoms with Crippen LogP contribution in [0.1, 0.15) is 16.6 Å². The van der Waals surface area contributed by atoms with Crippen LogP contribution in [0.15, 0.2) is 24.5 Å². The van der Waals surface area contributed by atoms with Crippen molar-refractivity contribution in [1.82, 2.24) is 0 Å². The fraction of sp³-hybridized carbons (Fsp3) is 0.455. The Morgan fingerprint density at radius 3 is 2.89 bits per heavy atom. The number of nitrogens with zero attached hydrogens (tertiary/aromatic N) is 1. The van der Waals surface area contributed by atoms with E-state index < -0.39 is 37.1 Å². The van der Waals surface area contributed by atoms with Gasteiger partial charge in [-0.3, -0.25) is 4.79 Å². The van der Waals surface area contributed by atoms with E-state index in [1.165, 1.54) is 29.1 Å². The van der Waals surface area contributed by atoms with E-state index in [2.05, 4.69) is 0 Å². The molecule has 1 saturated heterocycles. The lowest BCUT2D eigenvalue weighted by Gasteiger charge is -2.08. The van der Waals surface area contributed by atoms with Crippen LogP contribution < -0.4 is 10.3 Å². The summed E-state index contributed by atoms with van der Waals surface area (Å²) in [5, 5.41) is 18.4. The number of alkyl halides is 1. The third-order valence-electron chi connectivity index (χ3n) is 2.87. The number of carbonyl (C=O) groups excluding carboxylic acids is 1. The van der Waals surface area contributed by atoms with Gasteiger partial charge >= 0.3 is 0 Å². The maximum absolute atomic E-state index is 13.8. The zero-order valence-electron chi connectivity index (χ0n) is 9.44. The first kappa shape index (κ1) is 12.9. The van der Waals surface area contributed by atoms with Gasteiger partial charge in [0.15, 0.2) is 12.4 Å². The molecule has 1 amide bonds. The predicted octanol–water partition coefficient (Wildman–Crippen LogP) is -1.34. The molecule has 4 N–H and O–H groups in total. The van der Waals surface area contributed by atoms with E-state index in [0.29, 0.717) is 0 Å². The Morgan fingerprint density at radius 1 is 1.61 bits per heavy atom. The van der Waals surface area contributed by atoms with Crippen molar-refractivity contribution in [3.05, 3.63) is 30.1 Å². The highest BCUT2D eigenvalue weighted by atomic mass is 19.1. The SMILES string of the molecule is NC(=O)c1ccc[n+]([C@@H]2O[C@H](CO)C(O)C2F)c1. The van der Waals surface area contributed by atoms with Crippen molar-refractivity contribution in [2.75, 3.05) is 6.61 Å². The number of hydrogen-bond acceptors (Lipinski definition) is 4. The topological polar surface area (TPSA) is 96.7 Å². The number of aliphatic hydroxyl groups is 2. The highest BCUT2D eigenvalue weighted by Gasteiger charge is 2.49. The van der Waals surface area contributed by atoms with E-state index in [0.717, 1.165) is 0 Å². The van der Waals surface area contributed by atoms with Crippen LogP contribution in [0, 0.1) is 0 Å². The third kappa shape index (κ3) is 2.20. The van der Waals surface area contributed by atoms with Crippen LogP contribution in [0.5, 0.6) is 0 Å². The van der Waals surface area contributed by atoms with Crippen molar-refractivity contribution < 1.29 is 28.7 Å². The summed E-state index contributed by atoms with van der Waals surface area (Å²) in [6.07, 6.45) is -2.31. The fourth-order valence-electron chi connectivity index (χ4n) is 1.89. The zero-order valence-corrected chi connectivity index (χ0v) is 9.44. The Morgan fingerprint density at radius 2 is 2.33 bits per heavy atom. The smallest absolute Gasteiger partial charge is 0.297 e. The minimum absolute atomic E-state index is 0.204. The normalized spacial score (nSPS) is 31.5. The van der Waals surface area contributed by atoms with Crippen LogP contribution in [0.25, 0.3) is 0 Å². The van der Waals surface area contributed by atoms with Crippen molar-refractivity contribution in [1.29, 1.82) is 0 Å². The Labute approximate surface area is 102 Å². The van der Waals surface area contributed by atoms with Gasteiger partial charge < -0.3 is 20.7 Å². The zero-order chi connectivity index (χ0) is 13.3. The molecule has 2 heterocycles. The third-order valence-corrected chi connectivity index (χ3v) is 2.87. The van der Waals surface area contributed by atoms with Crippen molar-refractivity contribution in [2.24, 2.45) is 5.73 Å². The lowest BCUT2D eigenvalue weighted by Crippen LogP contribution is -2.45. The van der Waals surface area contributed by atoms with Crippen LogP contribution in [-0.4, -0.2) is 41.1 Å². The molecule has 4 atom stereocenters. The van der Waals surface area contributed by atoms with Gasteiger partial charge in [0.05, 0.1) is 6.61 Å². The number of amides is 1. The molecule has 2 unspecified atom stereocenters. The molecule has 6 nitrogen and oxygen atoms in total. The van der Waals surface area contributed by atoms with Gasteiger partial charge in [-0.2, -0.15) is 4.57 Å². The highest BCUT2D eigenvalue weighted by molar-refractivity contribution is 5.92. The summed E-state index contributed by atoms with van der Waals surface area (Å²) < 4.78 is 20.3. The van der Waals surface area contributed by atoms with Crippen LogP contribution in [0.3, 0.4) is 0 Å². The van der Waals surface area contributed by atoms with Gasteiger partial charge in [0, 0.05) is 6.07 Å². The maximum atomic E-state index is 13.8. The molecule has 0 radical (unpaired) electrons. The second kappa shape index (κ2) is 4.97. The number of halogens is 1. The Hall–Kier alpha value is -1.57. The lowest BCUT2D eigenvalue weighted by atomic mass is 10.1. The maximum Gasteiger partial charge on any atom is 0.297 e. The molecule has 1 aliphatic heterocycles. The summed E-state index contributed by atoms with van der Waals surface area (Å²) in [6.45, 7) is -0.478. The number of aromatic nitrogens is 1. The molecule has 0 saturated carbocycles. The van der Waals surface area contributed by atoms with Gasteiger partial charge in [-0.15, -0.1) is 0 Å². The molecule has 18 heavy (non-hydrogen) atoms. The molecular formula is C11H14FN2O4+. The minimum atomic E-state index is -1.68. The quantitative estimate of drug-likeness (QED) is 0.584. The Balaban J connectivity index is 2.27. The number of ether oxygens (including phenoxy) is 1. The average Bonchev–Trinajstić information content (AvgIpc) is 2.66. The summed E-state index contributed by atoms with van der Waals surface area (Å²) >= 11 is 0. The van der Waals surface area contributed by atoms with Gasteiger partial charge in [-0.25, -0.2) is 4.39 Å². The second-order valence-electron chi connectivity index (χ2n) is 4.09. The van der Waals surface area contributed by atoms with Crippen LogP contribution in [0.2, 0.25) is 0 Å². The largest absolute Gasteiger partial charge is 0.394 e. The minimum Gasteiger partial charge on any atom is -0.394 e. The summed E-state index contributed by atoms with van der Waals surface area (Å²) in [4.78, 5) is 11.0. The van der Waals surface area contributed by atoms with E-state index in [1.54, 1.807) is 0 Å². The molecule has 2 rings (SSSR count). The van der Waals surface area contributed by atoms with Crippen LogP contribution >= 0.6 is 0 Å². The molecule has 0 aromatic carbocycles. The van der Waals surface area contributed by atoms with Gasteiger partial charge in [0.1, 0.15) is 17.8 Å².